The van der Waals surface area contributed by atoms with Gasteiger partial charge in [0.15, 0.2) is 0 Å². The Morgan fingerprint density at radius 3 is 2.93 bits per heavy atom. The van der Waals surface area contributed by atoms with Crippen molar-refractivity contribution in [2.24, 2.45) is 5.92 Å². The Bertz CT molecular complexity index is 378. The quantitative estimate of drug-likeness (QED) is 0.782. The Morgan fingerprint density at radius 2 is 2.27 bits per heavy atom. The molecule has 1 aromatic rings. The van der Waals surface area contributed by atoms with Crippen LogP contribution in [0.3, 0.4) is 0 Å². The molecule has 15 heavy (non-hydrogen) atoms. The number of aromatic nitrogens is 1. The predicted octanol–water partition coefficient (Wildman–Crippen LogP) is 3.32. The zero-order valence-corrected chi connectivity index (χ0v) is 10.3. The molecule has 1 saturated carbocycles. The second-order valence-corrected chi connectivity index (χ2v) is 5.24. The molecule has 0 aromatic carbocycles. The van der Waals surface area contributed by atoms with E-state index >= 15 is 0 Å². The number of Topliss-reactive ketones (excluding diaryl/α,β-unsaturated/α-hetero) is 1. The molecule has 3 heteroatoms. The second-order valence-electron chi connectivity index (χ2n) is 4.38. The molecule has 2 rings (SSSR count). The van der Waals surface area contributed by atoms with Gasteiger partial charge < -0.3 is 0 Å². The summed E-state index contributed by atoms with van der Waals surface area (Å²) in [6.45, 7) is 2.15. The van der Waals surface area contributed by atoms with E-state index in [1.165, 1.54) is 5.56 Å². The Kier molecular flexibility index (Phi) is 3.19. The standard InChI is InChI=1S/C12H14BrNO/c1-8-4-9(6-10(15)5-8)11-2-3-14-7-12(11)13/h2-3,7-9H,4-6H2,1H3. The van der Waals surface area contributed by atoms with Crippen LogP contribution in [0, 0.1) is 5.92 Å². The van der Waals surface area contributed by atoms with Crippen LogP contribution in [0.2, 0.25) is 0 Å². The summed E-state index contributed by atoms with van der Waals surface area (Å²) in [5.41, 5.74) is 1.23. The fourth-order valence-corrected chi connectivity index (χ4v) is 2.93. The van der Waals surface area contributed by atoms with E-state index in [2.05, 4.69) is 27.8 Å². The Morgan fingerprint density at radius 1 is 1.47 bits per heavy atom. The van der Waals surface area contributed by atoms with Crippen molar-refractivity contribution in [3.8, 4) is 0 Å². The van der Waals surface area contributed by atoms with Crippen molar-refractivity contribution in [1.82, 2.24) is 4.98 Å². The molecule has 0 aliphatic heterocycles. The van der Waals surface area contributed by atoms with E-state index in [1.54, 1.807) is 12.4 Å². The van der Waals surface area contributed by atoms with Crippen LogP contribution >= 0.6 is 15.9 Å². The van der Waals surface area contributed by atoms with Gasteiger partial charge in [0.2, 0.25) is 0 Å². The van der Waals surface area contributed by atoms with Crippen molar-refractivity contribution < 1.29 is 4.79 Å². The van der Waals surface area contributed by atoms with Gasteiger partial charge in [-0.1, -0.05) is 6.92 Å². The third-order valence-corrected chi connectivity index (χ3v) is 3.64. The van der Waals surface area contributed by atoms with Gasteiger partial charge in [0.25, 0.3) is 0 Å². The van der Waals surface area contributed by atoms with Gasteiger partial charge in [0, 0.05) is 29.7 Å². The fraction of sp³-hybridized carbons (Fsp3) is 0.500. The van der Waals surface area contributed by atoms with Crippen LogP contribution in [0.15, 0.2) is 22.9 Å². The maximum Gasteiger partial charge on any atom is 0.133 e. The molecular formula is C12H14BrNO. The van der Waals surface area contributed by atoms with Crippen LogP contribution in [0.5, 0.6) is 0 Å². The largest absolute Gasteiger partial charge is 0.300 e. The third-order valence-electron chi connectivity index (χ3n) is 2.98. The average molecular weight is 268 g/mol. The van der Waals surface area contributed by atoms with E-state index in [1.807, 2.05) is 6.07 Å². The summed E-state index contributed by atoms with van der Waals surface area (Å²) in [7, 11) is 0. The molecular weight excluding hydrogens is 254 g/mol. The lowest BCUT2D eigenvalue weighted by atomic mass is 9.78. The first-order valence-corrected chi connectivity index (χ1v) is 6.07. The molecule has 80 valence electrons. The minimum atomic E-state index is 0.374. The summed E-state index contributed by atoms with van der Waals surface area (Å²) in [4.78, 5) is 15.6. The summed E-state index contributed by atoms with van der Waals surface area (Å²) < 4.78 is 1.02. The van der Waals surface area contributed by atoms with E-state index in [0.29, 0.717) is 24.0 Å². The number of halogens is 1. The number of hydrogen-bond donors (Lipinski definition) is 0. The molecule has 1 fully saturated rings. The van der Waals surface area contributed by atoms with Crippen molar-refractivity contribution in [3.05, 3.63) is 28.5 Å². The highest BCUT2D eigenvalue weighted by molar-refractivity contribution is 9.10. The van der Waals surface area contributed by atoms with Crippen LogP contribution in [0.4, 0.5) is 0 Å². The molecule has 0 bridgehead atoms. The monoisotopic (exact) mass is 267 g/mol. The van der Waals surface area contributed by atoms with E-state index in [-0.39, 0.29) is 0 Å². The topological polar surface area (TPSA) is 30.0 Å². The van der Waals surface area contributed by atoms with E-state index in [0.717, 1.165) is 17.3 Å². The molecule has 1 aliphatic rings. The summed E-state index contributed by atoms with van der Waals surface area (Å²) in [5, 5.41) is 0. The van der Waals surface area contributed by atoms with Crippen molar-refractivity contribution >= 4 is 21.7 Å². The normalized spacial score (nSPS) is 26.7. The summed E-state index contributed by atoms with van der Waals surface area (Å²) in [5.74, 6) is 1.28. The summed E-state index contributed by atoms with van der Waals surface area (Å²) >= 11 is 3.50. The minimum absolute atomic E-state index is 0.374. The van der Waals surface area contributed by atoms with Gasteiger partial charge in [-0.2, -0.15) is 0 Å². The molecule has 0 saturated heterocycles. The van der Waals surface area contributed by atoms with E-state index in [4.69, 9.17) is 0 Å². The van der Waals surface area contributed by atoms with Gasteiger partial charge in [-0.15, -0.1) is 0 Å². The lowest BCUT2D eigenvalue weighted by Gasteiger charge is -2.26. The highest BCUT2D eigenvalue weighted by atomic mass is 79.9. The molecule has 1 aliphatic carbocycles. The zero-order chi connectivity index (χ0) is 10.8. The summed E-state index contributed by atoms with van der Waals surface area (Å²) in [6.07, 6.45) is 6.14. The van der Waals surface area contributed by atoms with Gasteiger partial charge >= 0.3 is 0 Å². The smallest absolute Gasteiger partial charge is 0.133 e. The number of hydrogen-bond acceptors (Lipinski definition) is 2. The van der Waals surface area contributed by atoms with Gasteiger partial charge in [0.1, 0.15) is 5.78 Å². The average Bonchev–Trinajstić information content (AvgIpc) is 2.16. The van der Waals surface area contributed by atoms with Crippen molar-refractivity contribution in [2.75, 3.05) is 0 Å². The number of carbonyl (C=O) groups excluding carboxylic acids is 1. The maximum atomic E-state index is 11.5. The lowest BCUT2D eigenvalue weighted by Crippen LogP contribution is -2.20. The molecule has 1 heterocycles. The molecule has 1 aromatic heterocycles. The van der Waals surface area contributed by atoms with Gasteiger partial charge in [0.05, 0.1) is 0 Å². The van der Waals surface area contributed by atoms with Gasteiger partial charge in [-0.3, -0.25) is 9.78 Å². The number of nitrogens with zero attached hydrogens (tertiary/aromatic N) is 1. The molecule has 0 N–H and O–H groups in total. The van der Waals surface area contributed by atoms with Crippen LogP contribution < -0.4 is 0 Å². The first-order valence-electron chi connectivity index (χ1n) is 5.28. The van der Waals surface area contributed by atoms with Crippen LogP contribution in [-0.2, 0) is 4.79 Å². The molecule has 0 radical (unpaired) electrons. The Balaban J connectivity index is 2.23. The number of rotatable bonds is 1. The number of pyridine rings is 1. The molecule has 0 amide bonds. The number of carbonyl (C=O) groups is 1. The minimum Gasteiger partial charge on any atom is -0.300 e. The van der Waals surface area contributed by atoms with Crippen molar-refractivity contribution in [1.29, 1.82) is 0 Å². The maximum absolute atomic E-state index is 11.5. The predicted molar refractivity (Wildman–Crippen MR) is 62.7 cm³/mol. The first kappa shape index (κ1) is 10.8. The lowest BCUT2D eigenvalue weighted by molar-refractivity contribution is -0.121. The third kappa shape index (κ3) is 2.46. The van der Waals surface area contributed by atoms with Gasteiger partial charge in [-0.25, -0.2) is 0 Å². The summed E-state index contributed by atoms with van der Waals surface area (Å²) in [6, 6.07) is 2.01. The highest BCUT2D eigenvalue weighted by Crippen LogP contribution is 2.36. The van der Waals surface area contributed by atoms with Crippen molar-refractivity contribution in [3.63, 3.8) is 0 Å². The van der Waals surface area contributed by atoms with Crippen LogP contribution in [0.1, 0.15) is 37.7 Å². The first-order chi connectivity index (χ1) is 7.16. The van der Waals surface area contributed by atoms with Crippen LogP contribution in [-0.4, -0.2) is 10.8 Å². The molecule has 0 spiro atoms. The zero-order valence-electron chi connectivity index (χ0n) is 8.74. The van der Waals surface area contributed by atoms with E-state index < -0.39 is 0 Å². The van der Waals surface area contributed by atoms with E-state index in [9.17, 15) is 4.79 Å². The molecule has 2 unspecified atom stereocenters. The Labute approximate surface area is 98.2 Å². The number of ketones is 1. The highest BCUT2D eigenvalue weighted by Gasteiger charge is 2.26. The second kappa shape index (κ2) is 4.44. The SMILES string of the molecule is CC1CC(=O)CC(c2ccncc2Br)C1. The van der Waals surface area contributed by atoms with Crippen LogP contribution in [0.25, 0.3) is 0 Å². The van der Waals surface area contributed by atoms with Gasteiger partial charge in [-0.05, 0) is 45.8 Å². The molecule has 2 atom stereocenters. The molecule has 2 nitrogen and oxygen atoms in total. The fourth-order valence-electron chi connectivity index (χ4n) is 2.35. The van der Waals surface area contributed by atoms with Crippen molar-refractivity contribution in [2.45, 2.75) is 32.1 Å². The Hall–Kier alpha value is -0.700.